The molecular weight excluding hydrogens is 566 g/mol. The summed E-state index contributed by atoms with van der Waals surface area (Å²) >= 11 is 6.86. The van der Waals surface area contributed by atoms with Crippen LogP contribution < -0.4 is 26.6 Å². The number of carbonyl (C=O) groups is 2. The Balaban J connectivity index is 0.00000405. The van der Waals surface area contributed by atoms with Crippen molar-refractivity contribution in [2.45, 2.75) is 44.9 Å². The van der Waals surface area contributed by atoms with Gasteiger partial charge < -0.3 is 36.1 Å². The van der Waals surface area contributed by atoms with Crippen molar-refractivity contribution in [3.05, 3.63) is 34.6 Å². The molecule has 42 heavy (non-hydrogen) atoms. The normalized spacial score (nSPS) is 17.8. The van der Waals surface area contributed by atoms with E-state index in [0.29, 0.717) is 41.4 Å². The molecule has 1 aromatic carbocycles. The monoisotopic (exact) mass is 595 g/mol. The van der Waals surface area contributed by atoms with E-state index in [0.717, 1.165) is 12.8 Å². The molecule has 1 aliphatic carbocycles. The van der Waals surface area contributed by atoms with Gasteiger partial charge in [0, 0.05) is 12.6 Å². The van der Waals surface area contributed by atoms with Gasteiger partial charge in [-0.15, -0.1) is 5.10 Å². The number of benzene rings is 1. The number of hydrogen-bond acceptors (Lipinski definition) is 13. The highest BCUT2D eigenvalue weighted by molar-refractivity contribution is 6.36. The minimum absolute atomic E-state index is 0. The van der Waals surface area contributed by atoms with Crippen LogP contribution in [0.15, 0.2) is 18.3 Å². The molecule has 0 radical (unpaired) electrons. The number of fused-ring (bicyclic) bond motifs is 1. The van der Waals surface area contributed by atoms with Gasteiger partial charge in [0.15, 0.2) is 17.2 Å². The number of aromatic nitrogens is 4. The van der Waals surface area contributed by atoms with E-state index < -0.39 is 24.2 Å². The number of halogens is 1. The van der Waals surface area contributed by atoms with Gasteiger partial charge in [-0.25, -0.2) is 9.78 Å². The highest BCUT2D eigenvalue weighted by Crippen LogP contribution is 2.37. The molecule has 3 aromatic rings. The van der Waals surface area contributed by atoms with E-state index >= 15 is 0 Å². The first-order chi connectivity index (χ1) is 19.8. The molecule has 0 spiro atoms. The average Bonchev–Trinajstić information content (AvgIpc) is 3.70. The van der Waals surface area contributed by atoms with Crippen LogP contribution in [0.5, 0.6) is 0 Å². The van der Waals surface area contributed by atoms with Crippen LogP contribution in [0.4, 0.5) is 27.9 Å². The third kappa shape index (κ3) is 6.38. The molecule has 2 aromatic heterocycles. The zero-order valence-corrected chi connectivity index (χ0v) is 22.7. The topological polar surface area (TPSA) is 209 Å². The minimum atomic E-state index is -0.760. The van der Waals surface area contributed by atoms with E-state index in [4.69, 9.17) is 26.8 Å². The average molecular weight is 596 g/mol. The fraction of sp³-hybridized carbons (Fsp3) is 0.423. The van der Waals surface area contributed by atoms with Crippen LogP contribution in [0.2, 0.25) is 5.02 Å². The Morgan fingerprint density at radius 2 is 2.02 bits per heavy atom. The number of nitriles is 2. The first kappa shape index (κ1) is 30.1. The number of ether oxygens (including phenoxy) is 2. The van der Waals surface area contributed by atoms with Crippen LogP contribution in [0, 0.1) is 22.7 Å². The molecule has 220 valence electrons. The lowest BCUT2D eigenvalue weighted by Crippen LogP contribution is -2.56. The van der Waals surface area contributed by atoms with Crippen molar-refractivity contribution in [1.82, 2.24) is 24.9 Å². The number of anilines is 4. The van der Waals surface area contributed by atoms with Gasteiger partial charge in [-0.1, -0.05) is 19.0 Å². The lowest BCUT2D eigenvalue weighted by Gasteiger charge is -2.39. The summed E-state index contributed by atoms with van der Waals surface area (Å²) in [4.78, 5) is 34.6. The second kappa shape index (κ2) is 12.8. The van der Waals surface area contributed by atoms with Crippen molar-refractivity contribution in [3.8, 4) is 12.1 Å². The smallest absolute Gasteiger partial charge is 0.407 e. The predicted octanol–water partition coefficient (Wildman–Crippen LogP) is 2.28. The maximum atomic E-state index is 12.0. The molecule has 0 bridgehead atoms. The summed E-state index contributed by atoms with van der Waals surface area (Å²) in [6, 6.07) is 7.12. The van der Waals surface area contributed by atoms with Crippen LogP contribution in [-0.2, 0) is 14.3 Å². The molecule has 3 heterocycles. The van der Waals surface area contributed by atoms with Gasteiger partial charge in [0.1, 0.15) is 12.2 Å². The van der Waals surface area contributed by atoms with E-state index in [1.165, 1.54) is 17.8 Å². The number of methoxy groups -OCH3 is 1. The van der Waals surface area contributed by atoms with Crippen molar-refractivity contribution >= 4 is 52.5 Å². The second-order valence-corrected chi connectivity index (χ2v) is 9.87. The Kier molecular flexibility index (Phi) is 9.15. The van der Waals surface area contributed by atoms with E-state index in [1.807, 2.05) is 4.90 Å². The van der Waals surface area contributed by atoms with Gasteiger partial charge in [0.25, 0.3) is 0 Å². The quantitative estimate of drug-likeness (QED) is 0.276. The fourth-order valence-electron chi connectivity index (χ4n) is 4.49. The van der Waals surface area contributed by atoms with E-state index in [2.05, 4.69) is 43.2 Å². The van der Waals surface area contributed by atoms with Crippen molar-refractivity contribution in [3.63, 3.8) is 0 Å². The summed E-state index contributed by atoms with van der Waals surface area (Å²) in [5, 5.41) is 33.0. The standard InChI is InChI=1S/C25H26ClN11O4.CH4/c1-40-25(39)33-16-4-5-36(12-19(16)41-20(38)10-29)18-7-13(8-27)6-17(21(18)26)32-24-34-22(31-14-2-3-14)23-30-11-15(9-28)37(23)35-24;/h6-7,11,14,16,19H,2-5,10,12,29H2,1H3,(H,33,39)(H2,31,32,34,35);1H4/t16-,19-;/m1./s1. The number of hydrogen-bond donors (Lipinski definition) is 4. The number of amides is 1. The molecule has 2 atom stereocenters. The Labute approximate surface area is 246 Å². The number of piperidine rings is 1. The van der Waals surface area contributed by atoms with Crippen LogP contribution in [0.3, 0.4) is 0 Å². The first-order valence-corrected chi connectivity index (χ1v) is 13.1. The predicted molar refractivity (Wildman–Crippen MR) is 153 cm³/mol. The van der Waals surface area contributed by atoms with Crippen molar-refractivity contribution in [1.29, 1.82) is 10.5 Å². The summed E-state index contributed by atoms with van der Waals surface area (Å²) < 4.78 is 11.6. The summed E-state index contributed by atoms with van der Waals surface area (Å²) in [5.41, 5.74) is 7.23. The molecule has 1 aliphatic heterocycles. The Morgan fingerprint density at radius 3 is 2.69 bits per heavy atom. The minimum Gasteiger partial charge on any atom is -0.457 e. The van der Waals surface area contributed by atoms with Gasteiger partial charge in [0.2, 0.25) is 5.95 Å². The summed E-state index contributed by atoms with van der Waals surface area (Å²) in [7, 11) is 1.24. The van der Waals surface area contributed by atoms with Crippen molar-refractivity contribution in [2.24, 2.45) is 5.73 Å². The summed E-state index contributed by atoms with van der Waals surface area (Å²) in [5.74, 6) is -0.0370. The van der Waals surface area contributed by atoms with Crippen molar-refractivity contribution in [2.75, 3.05) is 42.3 Å². The number of esters is 1. The molecule has 1 saturated heterocycles. The van der Waals surface area contributed by atoms with Gasteiger partial charge in [-0.05, 0) is 31.4 Å². The number of rotatable bonds is 8. The Hall–Kier alpha value is -4.86. The van der Waals surface area contributed by atoms with E-state index in [9.17, 15) is 20.1 Å². The largest absolute Gasteiger partial charge is 0.457 e. The van der Waals surface area contributed by atoms with Crippen LogP contribution in [0.25, 0.3) is 5.65 Å². The lowest BCUT2D eigenvalue weighted by molar-refractivity contribution is -0.148. The van der Waals surface area contributed by atoms with Crippen LogP contribution in [0.1, 0.15) is 37.9 Å². The molecule has 5 N–H and O–H groups in total. The highest BCUT2D eigenvalue weighted by Gasteiger charge is 2.35. The third-order valence-electron chi connectivity index (χ3n) is 6.66. The summed E-state index contributed by atoms with van der Waals surface area (Å²) in [6.45, 7) is 0.247. The lowest BCUT2D eigenvalue weighted by atomic mass is 10.0. The summed E-state index contributed by atoms with van der Waals surface area (Å²) in [6.07, 6.45) is 2.39. The second-order valence-electron chi connectivity index (χ2n) is 9.50. The molecular formula is C26H30ClN11O4. The molecule has 2 fully saturated rings. The maximum absolute atomic E-state index is 12.0. The number of carbonyl (C=O) groups excluding carboxylic acids is 2. The number of nitrogens with zero attached hydrogens (tertiary/aromatic N) is 7. The Morgan fingerprint density at radius 1 is 1.24 bits per heavy atom. The highest BCUT2D eigenvalue weighted by atomic mass is 35.5. The number of nitrogens with one attached hydrogen (secondary N) is 3. The fourth-order valence-corrected chi connectivity index (χ4v) is 4.77. The number of nitrogens with two attached hydrogens (primary N) is 1. The Bertz CT molecular complexity index is 1580. The van der Waals surface area contributed by atoms with Gasteiger partial charge in [-0.3, -0.25) is 4.79 Å². The zero-order valence-electron chi connectivity index (χ0n) is 21.9. The molecule has 0 unspecified atom stereocenters. The maximum Gasteiger partial charge on any atom is 0.407 e. The molecule has 5 rings (SSSR count). The third-order valence-corrected chi connectivity index (χ3v) is 7.06. The van der Waals surface area contributed by atoms with E-state index in [-0.39, 0.29) is 43.2 Å². The van der Waals surface area contributed by atoms with Crippen LogP contribution >= 0.6 is 11.6 Å². The number of alkyl carbamates (subject to hydrolysis) is 1. The first-order valence-electron chi connectivity index (χ1n) is 12.8. The van der Waals surface area contributed by atoms with Gasteiger partial charge in [0.05, 0.1) is 60.5 Å². The SMILES string of the molecule is C.COC(=O)N[C@@H]1CCN(c2cc(C#N)cc(Nc3nc(NC4CC4)c4ncc(C#N)n4n3)c2Cl)C[C@H]1OC(=O)CN. The molecule has 15 nitrogen and oxygen atoms in total. The van der Waals surface area contributed by atoms with Gasteiger partial charge in [-0.2, -0.15) is 20.0 Å². The molecule has 1 saturated carbocycles. The van der Waals surface area contributed by atoms with E-state index in [1.54, 1.807) is 12.1 Å². The van der Waals surface area contributed by atoms with Crippen molar-refractivity contribution < 1.29 is 19.1 Å². The van der Waals surface area contributed by atoms with Crippen LogP contribution in [-0.4, -0.2) is 76.6 Å². The van der Waals surface area contributed by atoms with Gasteiger partial charge >= 0.3 is 12.1 Å². The zero-order chi connectivity index (χ0) is 29.1. The molecule has 16 heteroatoms. The molecule has 1 amide bonds. The molecule has 2 aliphatic rings. The number of imidazole rings is 1.